The zero-order valence-corrected chi connectivity index (χ0v) is 30.5. The van der Waals surface area contributed by atoms with Crippen LogP contribution in [-0.4, -0.2) is 121 Å². The topological polar surface area (TPSA) is 182 Å². The van der Waals surface area contributed by atoms with E-state index in [1.807, 2.05) is 4.90 Å². The first-order valence-electron chi connectivity index (χ1n) is 17.0. The zero-order valence-electron chi connectivity index (χ0n) is 29.8. The molecule has 0 radical (unpaired) electrons. The minimum atomic E-state index is -4.80. The second-order valence-electron chi connectivity index (χ2n) is 12.6. The molecule has 0 bridgehead atoms. The summed E-state index contributed by atoms with van der Waals surface area (Å²) < 4.78 is 51.7. The maximum Gasteiger partial charge on any atom is 0.435 e. The van der Waals surface area contributed by atoms with Gasteiger partial charge < -0.3 is 34.8 Å². The number of halogens is 4. The number of carbonyl (C=O) groups excluding carboxylic acids is 3. The number of piperidine rings is 1. The number of hydrogen-bond donors (Lipinski definition) is 3. The van der Waals surface area contributed by atoms with Crippen LogP contribution in [0.25, 0.3) is 16.9 Å². The van der Waals surface area contributed by atoms with Gasteiger partial charge in [-0.25, -0.2) is 9.67 Å². The molecule has 0 saturated carbocycles. The highest BCUT2D eigenvalue weighted by Crippen LogP contribution is 2.37. The van der Waals surface area contributed by atoms with E-state index in [1.54, 1.807) is 16.5 Å². The molecule has 0 aliphatic carbocycles. The number of methoxy groups -OCH3 is 1. The van der Waals surface area contributed by atoms with Crippen molar-refractivity contribution >= 4 is 41.5 Å². The molecule has 6 rings (SSSR count). The van der Waals surface area contributed by atoms with E-state index in [0.29, 0.717) is 50.7 Å². The molecule has 54 heavy (non-hydrogen) atoms. The largest absolute Gasteiger partial charge is 0.483 e. The van der Waals surface area contributed by atoms with E-state index in [0.717, 1.165) is 30.6 Å². The first-order valence-corrected chi connectivity index (χ1v) is 17.3. The van der Waals surface area contributed by atoms with E-state index in [9.17, 15) is 27.6 Å². The Labute approximate surface area is 312 Å². The van der Waals surface area contributed by atoms with Crippen molar-refractivity contribution in [3.8, 4) is 16.9 Å². The summed E-state index contributed by atoms with van der Waals surface area (Å²) >= 11 is 6.50. The molecule has 0 unspecified atom stereocenters. The fourth-order valence-electron chi connectivity index (χ4n) is 6.41. The predicted octanol–water partition coefficient (Wildman–Crippen LogP) is 3.33. The van der Waals surface area contributed by atoms with Gasteiger partial charge in [-0.3, -0.25) is 23.9 Å². The molecule has 290 valence electrons. The fraction of sp³-hybridized carbons (Fsp3) is 0.441. The van der Waals surface area contributed by atoms with Gasteiger partial charge in [0.2, 0.25) is 5.91 Å². The quantitative estimate of drug-likeness (QED) is 0.213. The number of hydrogen-bond acceptors (Lipinski definition) is 9. The second-order valence-corrected chi connectivity index (χ2v) is 13.0. The highest BCUT2D eigenvalue weighted by molar-refractivity contribution is 6.34. The molecule has 2 aliphatic heterocycles. The van der Waals surface area contributed by atoms with Gasteiger partial charge in [0.1, 0.15) is 5.69 Å². The van der Waals surface area contributed by atoms with Gasteiger partial charge in [0, 0.05) is 58.1 Å². The number of alkyl halides is 3. The van der Waals surface area contributed by atoms with Gasteiger partial charge in [0.25, 0.3) is 18.3 Å². The van der Waals surface area contributed by atoms with E-state index in [4.69, 9.17) is 26.2 Å². The van der Waals surface area contributed by atoms with E-state index < -0.39 is 17.8 Å². The molecule has 20 heteroatoms. The van der Waals surface area contributed by atoms with Crippen molar-refractivity contribution in [2.75, 3.05) is 58.3 Å². The SMILES string of the molecule is COCCn1ncc(-n2cc(-c3cnc(C(=O)Nc4ccc(C(=O)N5CCN(C(=O)C6CCNCC6)CC5)c(Cl)c4)n3C)c(C(F)(F)F)n2)c1C.O=CO. The monoisotopic (exact) mass is 776 g/mol. The number of rotatable bonds is 9. The van der Waals surface area contributed by atoms with Crippen LogP contribution in [-0.2, 0) is 34.1 Å². The van der Waals surface area contributed by atoms with E-state index in [1.165, 1.54) is 55.5 Å². The molecule has 0 spiro atoms. The maximum atomic E-state index is 14.2. The minimum Gasteiger partial charge on any atom is -0.483 e. The van der Waals surface area contributed by atoms with Crippen LogP contribution < -0.4 is 10.6 Å². The van der Waals surface area contributed by atoms with E-state index in [2.05, 4.69) is 25.8 Å². The molecule has 16 nitrogen and oxygen atoms in total. The van der Waals surface area contributed by atoms with Crippen molar-refractivity contribution in [1.82, 2.24) is 44.2 Å². The number of carbonyl (C=O) groups is 4. The molecule has 3 N–H and O–H groups in total. The van der Waals surface area contributed by atoms with Crippen LogP contribution in [0.2, 0.25) is 5.02 Å². The number of carboxylic acid groups (broad SMARTS) is 1. The molecular weight excluding hydrogens is 737 g/mol. The lowest BCUT2D eigenvalue weighted by Gasteiger charge is -2.37. The normalized spacial score (nSPS) is 15.1. The molecule has 3 aromatic heterocycles. The Morgan fingerprint density at radius 3 is 2.41 bits per heavy atom. The molecule has 5 heterocycles. The Kier molecular flexibility index (Phi) is 12.8. The Balaban J connectivity index is 0.00000181. The highest BCUT2D eigenvalue weighted by Gasteiger charge is 2.39. The molecular formula is C34H40ClF3N10O6. The minimum absolute atomic E-state index is 0.0112. The molecule has 1 aromatic carbocycles. The Bertz CT molecular complexity index is 1980. The van der Waals surface area contributed by atoms with Crippen LogP contribution in [0.15, 0.2) is 36.8 Å². The molecule has 2 saturated heterocycles. The number of imidazole rings is 1. The lowest BCUT2D eigenvalue weighted by molar-refractivity contribution is -0.141. The lowest BCUT2D eigenvalue weighted by atomic mass is 9.96. The highest BCUT2D eigenvalue weighted by atomic mass is 35.5. The van der Waals surface area contributed by atoms with Crippen molar-refractivity contribution in [3.05, 3.63) is 64.6 Å². The van der Waals surface area contributed by atoms with Gasteiger partial charge in [-0.05, 0) is 51.1 Å². The first kappa shape index (κ1) is 39.9. The van der Waals surface area contributed by atoms with Crippen LogP contribution in [0.1, 0.15) is 45.2 Å². The predicted molar refractivity (Wildman–Crippen MR) is 189 cm³/mol. The zero-order chi connectivity index (χ0) is 39.2. The third-order valence-electron chi connectivity index (χ3n) is 9.31. The molecule has 2 fully saturated rings. The Morgan fingerprint density at radius 2 is 1.78 bits per heavy atom. The third-order valence-corrected chi connectivity index (χ3v) is 9.62. The average Bonchev–Trinajstić information content (AvgIpc) is 3.87. The van der Waals surface area contributed by atoms with Crippen LogP contribution in [0, 0.1) is 12.8 Å². The molecule has 2 aliphatic rings. The van der Waals surface area contributed by atoms with Crippen molar-refractivity contribution in [3.63, 3.8) is 0 Å². The number of amides is 3. The van der Waals surface area contributed by atoms with E-state index >= 15 is 0 Å². The number of benzene rings is 1. The number of nitrogens with one attached hydrogen (secondary N) is 2. The van der Waals surface area contributed by atoms with Crippen molar-refractivity contribution in [2.24, 2.45) is 13.0 Å². The summed E-state index contributed by atoms with van der Waals surface area (Å²) in [5.41, 5.74) is 0.0302. The fourth-order valence-corrected chi connectivity index (χ4v) is 6.67. The van der Waals surface area contributed by atoms with Gasteiger partial charge in [0.05, 0.1) is 53.1 Å². The van der Waals surface area contributed by atoms with Crippen molar-refractivity contribution in [2.45, 2.75) is 32.5 Å². The number of anilines is 1. The third kappa shape index (κ3) is 8.74. The van der Waals surface area contributed by atoms with Gasteiger partial charge in [-0.15, -0.1) is 0 Å². The van der Waals surface area contributed by atoms with E-state index in [-0.39, 0.29) is 57.6 Å². The molecule has 3 amide bonds. The van der Waals surface area contributed by atoms with Crippen LogP contribution in [0.5, 0.6) is 0 Å². The summed E-state index contributed by atoms with van der Waals surface area (Å²) in [6.45, 7) is 5.53. The van der Waals surface area contributed by atoms with Crippen LogP contribution >= 0.6 is 11.6 Å². The first-order chi connectivity index (χ1) is 25.8. The summed E-state index contributed by atoms with van der Waals surface area (Å²) in [6, 6.07) is 4.44. The number of piperazine rings is 1. The number of nitrogens with zero attached hydrogens (tertiary/aromatic N) is 8. The number of aromatic nitrogens is 6. The lowest BCUT2D eigenvalue weighted by Crippen LogP contribution is -2.52. The van der Waals surface area contributed by atoms with Crippen molar-refractivity contribution in [1.29, 1.82) is 0 Å². The maximum absolute atomic E-state index is 14.2. The van der Waals surface area contributed by atoms with Gasteiger partial charge in [-0.2, -0.15) is 23.4 Å². The standard InChI is InChI=1S/C33H38ClF3N10O4.CH2O2/c1-20-26(18-40-46(20)14-15-51-3)47-19-24(28(42-47)33(35,36)37)27-17-39-29(43(27)2)30(48)41-22-4-5-23(25(34)16-22)32(50)45-12-10-44(11-13-45)31(49)21-6-8-38-9-7-21;2-1-3/h4-5,16-19,21,38H,6-15H2,1-3H3,(H,41,48);1H,(H,2,3). The van der Waals surface area contributed by atoms with Crippen molar-refractivity contribution < 1.29 is 42.2 Å². The van der Waals surface area contributed by atoms with Gasteiger partial charge in [-0.1, -0.05) is 11.6 Å². The molecule has 4 aromatic rings. The Morgan fingerprint density at radius 1 is 1.11 bits per heavy atom. The second kappa shape index (κ2) is 17.3. The van der Waals surface area contributed by atoms with Crippen LogP contribution in [0.3, 0.4) is 0 Å². The summed E-state index contributed by atoms with van der Waals surface area (Å²) in [4.78, 5) is 55.5. The Hall–Kier alpha value is -5.27. The van der Waals surface area contributed by atoms with Gasteiger partial charge in [0.15, 0.2) is 11.5 Å². The van der Waals surface area contributed by atoms with Crippen LogP contribution in [0.4, 0.5) is 18.9 Å². The number of ether oxygens (including phenoxy) is 1. The summed E-state index contributed by atoms with van der Waals surface area (Å²) in [5.74, 6) is -1.02. The smallest absolute Gasteiger partial charge is 0.435 e. The summed E-state index contributed by atoms with van der Waals surface area (Å²) in [6.07, 6.45) is 0.648. The summed E-state index contributed by atoms with van der Waals surface area (Å²) in [7, 11) is 2.97. The van der Waals surface area contributed by atoms with Gasteiger partial charge >= 0.3 is 6.18 Å². The average molecular weight is 777 g/mol. The molecule has 0 atom stereocenters. The summed E-state index contributed by atoms with van der Waals surface area (Å²) in [5, 5.41) is 21.0.